The molecular formula is C22H37N. The van der Waals surface area contributed by atoms with Crippen LogP contribution in [-0.2, 0) is 0 Å². The Morgan fingerprint density at radius 2 is 1.39 bits per heavy atom. The van der Waals surface area contributed by atoms with Gasteiger partial charge in [-0.05, 0) is 75.5 Å². The quantitative estimate of drug-likeness (QED) is 0.348. The van der Waals surface area contributed by atoms with E-state index in [1.165, 1.54) is 89.9 Å². The minimum atomic E-state index is 0.368. The maximum atomic E-state index is 9.03. The van der Waals surface area contributed by atoms with Crippen LogP contribution in [0.4, 0.5) is 0 Å². The smallest absolute Gasteiger partial charge is 0.0655 e. The molecule has 2 fully saturated rings. The topological polar surface area (TPSA) is 23.8 Å². The van der Waals surface area contributed by atoms with Gasteiger partial charge in [0.25, 0.3) is 0 Å². The zero-order valence-corrected chi connectivity index (χ0v) is 15.3. The first-order valence-electron chi connectivity index (χ1n) is 10.4. The van der Waals surface area contributed by atoms with E-state index in [1.54, 1.807) is 0 Å². The number of hydrogen-bond donors (Lipinski definition) is 0. The van der Waals surface area contributed by atoms with Crippen molar-refractivity contribution in [3.05, 3.63) is 12.2 Å². The third-order valence-corrected chi connectivity index (χ3v) is 6.39. The van der Waals surface area contributed by atoms with Gasteiger partial charge in [0.05, 0.1) is 6.07 Å². The van der Waals surface area contributed by atoms with Crippen molar-refractivity contribution in [3.63, 3.8) is 0 Å². The lowest BCUT2D eigenvalue weighted by Gasteiger charge is -2.36. The van der Waals surface area contributed by atoms with Crippen LogP contribution in [0.2, 0.25) is 0 Å². The SMILES string of the molecule is CCCC/C=C\CCC[C@H]1CC[C@H]([C@H]2CC[C@H](C#N)CC2)CC1. The monoisotopic (exact) mass is 315 g/mol. The predicted octanol–water partition coefficient (Wildman–Crippen LogP) is 7.04. The summed E-state index contributed by atoms with van der Waals surface area (Å²) in [5.74, 6) is 3.31. The molecular weight excluding hydrogens is 278 g/mol. The molecule has 0 radical (unpaired) electrons. The van der Waals surface area contributed by atoms with Crippen LogP contribution in [0, 0.1) is 35.0 Å². The first-order valence-corrected chi connectivity index (χ1v) is 10.4. The number of rotatable bonds is 8. The van der Waals surface area contributed by atoms with Crippen molar-refractivity contribution in [1.29, 1.82) is 5.26 Å². The summed E-state index contributed by atoms with van der Waals surface area (Å²) in [5, 5.41) is 9.03. The summed E-state index contributed by atoms with van der Waals surface area (Å²) in [7, 11) is 0. The molecule has 0 aromatic rings. The van der Waals surface area contributed by atoms with Crippen molar-refractivity contribution in [2.75, 3.05) is 0 Å². The van der Waals surface area contributed by atoms with Crippen LogP contribution in [0.1, 0.15) is 96.8 Å². The van der Waals surface area contributed by atoms with Gasteiger partial charge in [-0.15, -0.1) is 0 Å². The first-order chi connectivity index (χ1) is 11.3. The predicted molar refractivity (Wildman–Crippen MR) is 99.0 cm³/mol. The van der Waals surface area contributed by atoms with Gasteiger partial charge < -0.3 is 0 Å². The van der Waals surface area contributed by atoms with Gasteiger partial charge in [0.2, 0.25) is 0 Å². The maximum absolute atomic E-state index is 9.03. The number of allylic oxidation sites excluding steroid dienone is 2. The average Bonchev–Trinajstić information content (AvgIpc) is 2.61. The summed E-state index contributed by atoms with van der Waals surface area (Å²) in [5.41, 5.74) is 0. The van der Waals surface area contributed by atoms with Crippen LogP contribution in [0.5, 0.6) is 0 Å². The lowest BCUT2D eigenvalue weighted by atomic mass is 9.69. The summed E-state index contributed by atoms with van der Waals surface area (Å²) >= 11 is 0. The Bertz CT molecular complexity index is 362. The fraction of sp³-hybridized carbons (Fsp3) is 0.864. The molecule has 0 bridgehead atoms. The minimum Gasteiger partial charge on any atom is -0.198 e. The molecule has 0 amide bonds. The maximum Gasteiger partial charge on any atom is 0.0655 e. The average molecular weight is 316 g/mol. The van der Waals surface area contributed by atoms with Gasteiger partial charge in [-0.3, -0.25) is 0 Å². The molecule has 23 heavy (non-hydrogen) atoms. The standard InChI is InChI=1S/C22H37N/c1-2-3-4-5-6-7-8-9-19-10-14-21(15-11-19)22-16-12-20(18-23)13-17-22/h5-6,19-22H,2-4,7-17H2,1H3/b6-5-/t19-,20-,21-,22-. The summed E-state index contributed by atoms with van der Waals surface area (Å²) in [6.07, 6.45) is 23.8. The molecule has 2 rings (SSSR count). The van der Waals surface area contributed by atoms with E-state index in [9.17, 15) is 0 Å². The van der Waals surface area contributed by atoms with E-state index in [4.69, 9.17) is 5.26 Å². The number of nitriles is 1. The van der Waals surface area contributed by atoms with Crippen LogP contribution >= 0.6 is 0 Å². The molecule has 0 N–H and O–H groups in total. The highest BCUT2D eigenvalue weighted by Gasteiger charge is 2.30. The molecule has 2 aliphatic rings. The van der Waals surface area contributed by atoms with E-state index >= 15 is 0 Å². The van der Waals surface area contributed by atoms with Gasteiger partial charge >= 0.3 is 0 Å². The summed E-state index contributed by atoms with van der Waals surface area (Å²) in [6.45, 7) is 2.26. The molecule has 2 aliphatic carbocycles. The third-order valence-electron chi connectivity index (χ3n) is 6.39. The van der Waals surface area contributed by atoms with Gasteiger partial charge in [0, 0.05) is 5.92 Å². The highest BCUT2D eigenvalue weighted by molar-refractivity contribution is 4.89. The van der Waals surface area contributed by atoms with E-state index < -0.39 is 0 Å². The molecule has 0 saturated heterocycles. The van der Waals surface area contributed by atoms with Crippen LogP contribution in [0.15, 0.2) is 12.2 Å². The van der Waals surface area contributed by atoms with Crippen molar-refractivity contribution in [2.45, 2.75) is 96.8 Å². The zero-order valence-electron chi connectivity index (χ0n) is 15.3. The molecule has 0 atom stereocenters. The molecule has 0 spiro atoms. The van der Waals surface area contributed by atoms with Gasteiger partial charge in [0.1, 0.15) is 0 Å². The Hall–Kier alpha value is -0.770. The fourth-order valence-corrected chi connectivity index (χ4v) is 4.75. The minimum absolute atomic E-state index is 0.368. The molecule has 0 heterocycles. The number of hydrogen-bond acceptors (Lipinski definition) is 1. The van der Waals surface area contributed by atoms with E-state index in [0.717, 1.165) is 17.8 Å². The number of nitrogens with zero attached hydrogens (tertiary/aromatic N) is 1. The van der Waals surface area contributed by atoms with Crippen molar-refractivity contribution >= 4 is 0 Å². The second-order valence-corrected chi connectivity index (χ2v) is 8.07. The molecule has 0 unspecified atom stereocenters. The summed E-state index contributed by atoms with van der Waals surface area (Å²) < 4.78 is 0. The van der Waals surface area contributed by atoms with Crippen LogP contribution in [0.3, 0.4) is 0 Å². The molecule has 1 heteroatoms. The molecule has 0 aliphatic heterocycles. The van der Waals surface area contributed by atoms with E-state index in [0.29, 0.717) is 5.92 Å². The van der Waals surface area contributed by atoms with Crippen LogP contribution < -0.4 is 0 Å². The summed E-state index contributed by atoms with van der Waals surface area (Å²) in [6, 6.07) is 2.47. The lowest BCUT2D eigenvalue weighted by Crippen LogP contribution is -2.25. The summed E-state index contributed by atoms with van der Waals surface area (Å²) in [4.78, 5) is 0. The van der Waals surface area contributed by atoms with Crippen molar-refractivity contribution in [3.8, 4) is 6.07 Å². The van der Waals surface area contributed by atoms with Gasteiger partial charge in [0.15, 0.2) is 0 Å². The van der Waals surface area contributed by atoms with Crippen molar-refractivity contribution in [2.24, 2.45) is 23.7 Å². The van der Waals surface area contributed by atoms with E-state index in [2.05, 4.69) is 25.1 Å². The highest BCUT2D eigenvalue weighted by atomic mass is 14.4. The lowest BCUT2D eigenvalue weighted by molar-refractivity contribution is 0.153. The molecule has 0 aromatic heterocycles. The molecule has 0 aromatic carbocycles. The number of unbranched alkanes of at least 4 members (excludes halogenated alkanes) is 3. The fourth-order valence-electron chi connectivity index (χ4n) is 4.75. The van der Waals surface area contributed by atoms with Gasteiger partial charge in [-0.2, -0.15) is 5.26 Å². The Labute approximate surface area is 144 Å². The second-order valence-electron chi connectivity index (χ2n) is 8.07. The van der Waals surface area contributed by atoms with Crippen molar-refractivity contribution in [1.82, 2.24) is 0 Å². The van der Waals surface area contributed by atoms with Gasteiger partial charge in [-0.25, -0.2) is 0 Å². The van der Waals surface area contributed by atoms with E-state index in [-0.39, 0.29) is 0 Å². The van der Waals surface area contributed by atoms with Crippen LogP contribution in [0.25, 0.3) is 0 Å². The van der Waals surface area contributed by atoms with Crippen molar-refractivity contribution < 1.29 is 0 Å². The molecule has 130 valence electrons. The normalized spacial score (nSPS) is 32.0. The Kier molecular flexibility index (Phi) is 8.80. The molecule has 1 nitrogen and oxygen atoms in total. The van der Waals surface area contributed by atoms with Crippen LogP contribution in [-0.4, -0.2) is 0 Å². The first kappa shape index (κ1) is 18.6. The largest absolute Gasteiger partial charge is 0.198 e. The Balaban J connectivity index is 1.54. The molecule has 2 saturated carbocycles. The van der Waals surface area contributed by atoms with Gasteiger partial charge in [-0.1, -0.05) is 51.2 Å². The third kappa shape index (κ3) is 6.70. The highest BCUT2D eigenvalue weighted by Crippen LogP contribution is 2.42. The Morgan fingerprint density at radius 3 is 1.96 bits per heavy atom. The second kappa shape index (κ2) is 10.9. The zero-order chi connectivity index (χ0) is 16.3. The van der Waals surface area contributed by atoms with E-state index in [1.807, 2.05) is 0 Å². The Morgan fingerprint density at radius 1 is 0.826 bits per heavy atom.